The third-order valence-corrected chi connectivity index (χ3v) is 5.50. The lowest BCUT2D eigenvalue weighted by Gasteiger charge is -2.28. The first-order valence-corrected chi connectivity index (χ1v) is 10.7. The van der Waals surface area contributed by atoms with Crippen molar-refractivity contribution in [2.24, 2.45) is 0 Å². The summed E-state index contributed by atoms with van der Waals surface area (Å²) in [7, 11) is 3.49. The largest absolute Gasteiger partial charge is 0.373 e. The number of piperidine rings is 1. The van der Waals surface area contributed by atoms with Gasteiger partial charge in [-0.25, -0.2) is 4.98 Å². The van der Waals surface area contributed by atoms with Gasteiger partial charge in [-0.1, -0.05) is 0 Å². The minimum absolute atomic E-state index is 0.156. The van der Waals surface area contributed by atoms with Crippen molar-refractivity contribution in [3.63, 3.8) is 0 Å². The van der Waals surface area contributed by atoms with Gasteiger partial charge in [0.05, 0.1) is 5.69 Å². The first-order valence-electron chi connectivity index (χ1n) is 10.7. The van der Waals surface area contributed by atoms with Crippen LogP contribution in [-0.4, -0.2) is 48.0 Å². The van der Waals surface area contributed by atoms with E-state index in [1.807, 2.05) is 12.1 Å². The molecular formula is C23H27N7O2. The topological polar surface area (TPSA) is 115 Å². The Labute approximate surface area is 186 Å². The summed E-state index contributed by atoms with van der Waals surface area (Å²) in [6, 6.07) is 10.9. The summed E-state index contributed by atoms with van der Waals surface area (Å²) in [5.41, 5.74) is 2.63. The van der Waals surface area contributed by atoms with Crippen LogP contribution in [0.1, 0.15) is 29.6 Å². The van der Waals surface area contributed by atoms with Crippen LogP contribution >= 0.6 is 0 Å². The van der Waals surface area contributed by atoms with E-state index in [0.29, 0.717) is 28.6 Å². The third kappa shape index (κ3) is 4.72. The Kier molecular flexibility index (Phi) is 6.34. The maximum atomic E-state index is 12.8. The lowest BCUT2D eigenvalue weighted by Crippen LogP contribution is -2.29. The SMILES string of the molecule is CNc1cc(-c2c[nH]c(=O)c(NC(=O)c3ccc(N4CCCCC4)cc3)c2)nc(NC)n1. The van der Waals surface area contributed by atoms with Crippen molar-refractivity contribution in [3.8, 4) is 11.3 Å². The highest BCUT2D eigenvalue weighted by atomic mass is 16.2. The van der Waals surface area contributed by atoms with E-state index in [1.54, 1.807) is 44.6 Å². The minimum atomic E-state index is -0.385. The molecule has 0 radical (unpaired) electrons. The van der Waals surface area contributed by atoms with Crippen LogP contribution in [0.15, 0.2) is 47.4 Å². The van der Waals surface area contributed by atoms with Gasteiger partial charge in [-0.05, 0) is 49.6 Å². The van der Waals surface area contributed by atoms with Gasteiger partial charge in [0, 0.05) is 56.3 Å². The Balaban J connectivity index is 1.54. The molecule has 1 aliphatic rings. The lowest BCUT2D eigenvalue weighted by atomic mass is 10.1. The number of nitrogens with zero attached hydrogens (tertiary/aromatic N) is 3. The molecule has 1 fully saturated rings. The number of H-pyrrole nitrogens is 1. The van der Waals surface area contributed by atoms with Crippen molar-refractivity contribution in [2.75, 3.05) is 48.0 Å². The van der Waals surface area contributed by atoms with E-state index in [-0.39, 0.29) is 17.2 Å². The molecule has 0 aliphatic carbocycles. The maximum Gasteiger partial charge on any atom is 0.271 e. The average Bonchev–Trinajstić information content (AvgIpc) is 2.85. The predicted octanol–water partition coefficient (Wildman–Crippen LogP) is 3.16. The quantitative estimate of drug-likeness (QED) is 0.472. The van der Waals surface area contributed by atoms with Gasteiger partial charge >= 0.3 is 0 Å². The number of pyridine rings is 1. The van der Waals surface area contributed by atoms with Crippen LogP contribution in [0, 0.1) is 0 Å². The number of amides is 1. The summed E-state index contributed by atoms with van der Waals surface area (Å²) < 4.78 is 0. The van der Waals surface area contributed by atoms with Gasteiger partial charge in [-0.15, -0.1) is 0 Å². The predicted molar refractivity (Wildman–Crippen MR) is 128 cm³/mol. The van der Waals surface area contributed by atoms with Crippen molar-refractivity contribution in [3.05, 3.63) is 58.5 Å². The molecule has 32 heavy (non-hydrogen) atoms. The molecule has 1 amide bonds. The molecule has 0 unspecified atom stereocenters. The highest BCUT2D eigenvalue weighted by Crippen LogP contribution is 2.23. The summed E-state index contributed by atoms with van der Waals surface area (Å²) in [6.07, 6.45) is 5.22. The third-order valence-electron chi connectivity index (χ3n) is 5.50. The molecule has 3 aromatic rings. The van der Waals surface area contributed by atoms with Crippen molar-refractivity contribution in [1.82, 2.24) is 15.0 Å². The molecule has 166 valence electrons. The van der Waals surface area contributed by atoms with Crippen LogP contribution in [0.4, 0.5) is 23.1 Å². The molecule has 0 saturated carbocycles. The highest BCUT2D eigenvalue weighted by Gasteiger charge is 2.14. The second-order valence-electron chi connectivity index (χ2n) is 7.64. The summed E-state index contributed by atoms with van der Waals surface area (Å²) in [5.74, 6) is 0.731. The fourth-order valence-corrected chi connectivity index (χ4v) is 3.73. The van der Waals surface area contributed by atoms with E-state index in [9.17, 15) is 9.59 Å². The van der Waals surface area contributed by atoms with Crippen LogP contribution in [0.5, 0.6) is 0 Å². The molecule has 0 spiro atoms. The number of aromatic amines is 1. The van der Waals surface area contributed by atoms with E-state index in [0.717, 1.165) is 18.8 Å². The van der Waals surface area contributed by atoms with Crippen molar-refractivity contribution >= 4 is 29.0 Å². The molecule has 9 nitrogen and oxygen atoms in total. The molecule has 1 aliphatic heterocycles. The van der Waals surface area contributed by atoms with Crippen molar-refractivity contribution in [2.45, 2.75) is 19.3 Å². The highest BCUT2D eigenvalue weighted by molar-refractivity contribution is 6.04. The van der Waals surface area contributed by atoms with Gasteiger partial charge < -0.3 is 25.8 Å². The summed E-state index contributed by atoms with van der Waals surface area (Å²) in [4.78, 5) is 38.8. The number of nitrogens with one attached hydrogen (secondary N) is 4. The molecule has 3 heterocycles. The first kappa shape index (κ1) is 21.4. The number of carbonyl (C=O) groups excluding carboxylic acids is 1. The Morgan fingerprint density at radius 2 is 1.75 bits per heavy atom. The molecule has 2 aromatic heterocycles. The second kappa shape index (κ2) is 9.51. The molecular weight excluding hydrogens is 406 g/mol. The van der Waals surface area contributed by atoms with E-state index >= 15 is 0 Å². The number of hydrogen-bond acceptors (Lipinski definition) is 7. The van der Waals surface area contributed by atoms with Crippen LogP contribution in [0.2, 0.25) is 0 Å². The van der Waals surface area contributed by atoms with Crippen LogP contribution in [0.3, 0.4) is 0 Å². The zero-order valence-electron chi connectivity index (χ0n) is 18.2. The molecule has 0 atom stereocenters. The fraction of sp³-hybridized carbons (Fsp3) is 0.304. The molecule has 4 rings (SSSR count). The monoisotopic (exact) mass is 433 g/mol. The average molecular weight is 434 g/mol. The van der Waals surface area contributed by atoms with Crippen LogP contribution in [0.25, 0.3) is 11.3 Å². The van der Waals surface area contributed by atoms with Crippen LogP contribution in [-0.2, 0) is 0 Å². The van der Waals surface area contributed by atoms with Gasteiger partial charge in [0.1, 0.15) is 11.5 Å². The Bertz CT molecular complexity index is 1130. The minimum Gasteiger partial charge on any atom is -0.373 e. The van der Waals surface area contributed by atoms with Gasteiger partial charge in [-0.3, -0.25) is 9.59 Å². The molecule has 4 N–H and O–H groups in total. The first-order chi connectivity index (χ1) is 15.6. The number of hydrogen-bond donors (Lipinski definition) is 4. The Morgan fingerprint density at radius 3 is 2.44 bits per heavy atom. The summed E-state index contributed by atoms with van der Waals surface area (Å²) >= 11 is 0. The number of rotatable bonds is 6. The summed E-state index contributed by atoms with van der Waals surface area (Å²) in [6.45, 7) is 2.09. The van der Waals surface area contributed by atoms with Gasteiger partial charge in [-0.2, -0.15) is 4.98 Å². The molecule has 0 bridgehead atoms. The second-order valence-corrected chi connectivity index (χ2v) is 7.64. The van der Waals surface area contributed by atoms with E-state index in [2.05, 4.69) is 35.8 Å². The normalized spacial score (nSPS) is 13.5. The standard InChI is InChI=1S/C23H27N7O2/c1-24-20-13-18(28-23(25-2)29-20)16-12-19(22(32)26-14-16)27-21(31)15-6-8-17(9-7-15)30-10-4-3-5-11-30/h6-9,12-14H,3-5,10-11H2,1-2H3,(H,26,32)(H,27,31)(H2,24,25,28,29). The molecule has 1 saturated heterocycles. The number of carbonyl (C=O) groups is 1. The number of benzene rings is 1. The lowest BCUT2D eigenvalue weighted by molar-refractivity contribution is 0.102. The molecule has 1 aromatic carbocycles. The van der Waals surface area contributed by atoms with E-state index in [1.165, 1.54) is 19.3 Å². The van der Waals surface area contributed by atoms with Gasteiger partial charge in [0.25, 0.3) is 11.5 Å². The Hall–Kier alpha value is -3.88. The van der Waals surface area contributed by atoms with Crippen molar-refractivity contribution < 1.29 is 4.79 Å². The fourth-order valence-electron chi connectivity index (χ4n) is 3.73. The van der Waals surface area contributed by atoms with Crippen molar-refractivity contribution in [1.29, 1.82) is 0 Å². The molecule has 9 heteroatoms. The number of anilines is 4. The zero-order chi connectivity index (χ0) is 22.5. The zero-order valence-corrected chi connectivity index (χ0v) is 18.2. The maximum absolute atomic E-state index is 12.8. The van der Waals surface area contributed by atoms with E-state index in [4.69, 9.17) is 0 Å². The van der Waals surface area contributed by atoms with Gasteiger partial charge in [0.15, 0.2) is 0 Å². The van der Waals surface area contributed by atoms with Crippen LogP contribution < -0.4 is 26.4 Å². The van der Waals surface area contributed by atoms with Gasteiger partial charge in [0.2, 0.25) is 5.95 Å². The smallest absolute Gasteiger partial charge is 0.271 e. The Morgan fingerprint density at radius 1 is 1.00 bits per heavy atom. The summed E-state index contributed by atoms with van der Waals surface area (Å²) in [5, 5.41) is 8.62. The number of aromatic nitrogens is 3. The van der Waals surface area contributed by atoms with E-state index < -0.39 is 0 Å².